The highest BCUT2D eigenvalue weighted by Crippen LogP contribution is 2.28. The van der Waals surface area contributed by atoms with Crippen LogP contribution >= 0.6 is 11.6 Å². The Labute approximate surface area is 234 Å². The summed E-state index contributed by atoms with van der Waals surface area (Å²) < 4.78 is 39.8. The Balaban J connectivity index is 1.47. The Kier molecular flexibility index (Phi) is 9.11. The lowest BCUT2D eigenvalue weighted by Crippen LogP contribution is -2.41. The first-order valence-electron chi connectivity index (χ1n) is 12.3. The van der Waals surface area contributed by atoms with Crippen molar-refractivity contribution < 1.29 is 22.7 Å². The number of amides is 1. The summed E-state index contributed by atoms with van der Waals surface area (Å²) in [5.41, 5.74) is 2.19. The van der Waals surface area contributed by atoms with Gasteiger partial charge < -0.3 is 14.8 Å². The third-order valence-corrected chi connectivity index (χ3v) is 8.03. The molecule has 0 atom stereocenters. The minimum atomic E-state index is -4.03. The number of para-hydroxylation sites is 1. The summed E-state index contributed by atoms with van der Waals surface area (Å²) in [7, 11) is -4.03. The largest absolute Gasteiger partial charge is 0.492 e. The van der Waals surface area contributed by atoms with E-state index in [9.17, 15) is 13.2 Å². The molecule has 39 heavy (non-hydrogen) atoms. The number of benzene rings is 4. The first kappa shape index (κ1) is 28.0. The fraction of sp³-hybridized carbons (Fsp3) is 0.167. The maximum atomic E-state index is 13.6. The van der Waals surface area contributed by atoms with Crippen molar-refractivity contribution in [3.05, 3.63) is 113 Å². The van der Waals surface area contributed by atoms with Gasteiger partial charge in [0.15, 0.2) is 0 Å². The average Bonchev–Trinajstić information content (AvgIpc) is 2.93. The van der Waals surface area contributed by atoms with Crippen molar-refractivity contribution in [1.29, 1.82) is 0 Å². The van der Waals surface area contributed by atoms with Crippen LogP contribution < -0.4 is 19.1 Å². The number of carbonyl (C=O) groups excluding carboxylic acids is 1. The van der Waals surface area contributed by atoms with Crippen molar-refractivity contribution >= 4 is 33.2 Å². The van der Waals surface area contributed by atoms with E-state index in [4.69, 9.17) is 21.1 Å². The van der Waals surface area contributed by atoms with Gasteiger partial charge in [-0.25, -0.2) is 8.42 Å². The van der Waals surface area contributed by atoms with Crippen molar-refractivity contribution in [1.82, 2.24) is 5.32 Å². The van der Waals surface area contributed by atoms with Gasteiger partial charge in [-0.15, -0.1) is 0 Å². The van der Waals surface area contributed by atoms with Gasteiger partial charge in [0, 0.05) is 5.02 Å². The van der Waals surface area contributed by atoms with Crippen molar-refractivity contribution in [2.24, 2.45) is 0 Å². The fourth-order valence-electron chi connectivity index (χ4n) is 3.67. The van der Waals surface area contributed by atoms with Crippen LogP contribution in [0.5, 0.6) is 17.2 Å². The smallest absolute Gasteiger partial charge is 0.264 e. The van der Waals surface area contributed by atoms with Gasteiger partial charge in [0.05, 0.1) is 17.1 Å². The molecule has 202 valence electrons. The third-order valence-electron chi connectivity index (χ3n) is 5.84. The molecule has 7 nitrogen and oxygen atoms in total. The van der Waals surface area contributed by atoms with E-state index >= 15 is 0 Å². The van der Waals surface area contributed by atoms with Crippen LogP contribution in [0.1, 0.15) is 11.1 Å². The molecular formula is C30H29ClN2O5S. The summed E-state index contributed by atoms with van der Waals surface area (Å²) in [5.74, 6) is 1.31. The SMILES string of the molecule is Cc1ccc(S(=O)(=O)N(CC(=O)NCCOc2ccc(C)c(Cl)c2)c2ccc(Oc3ccccc3)cc2)cc1. The maximum absolute atomic E-state index is 13.6. The lowest BCUT2D eigenvalue weighted by atomic mass is 10.2. The second-order valence-corrected chi connectivity index (χ2v) is 11.1. The zero-order chi connectivity index (χ0) is 27.8. The number of aryl methyl sites for hydroxylation is 2. The van der Waals surface area contributed by atoms with E-state index in [1.54, 1.807) is 48.5 Å². The molecule has 0 aliphatic heterocycles. The molecule has 0 heterocycles. The molecule has 9 heteroatoms. The van der Waals surface area contributed by atoms with Gasteiger partial charge in [-0.3, -0.25) is 9.10 Å². The summed E-state index contributed by atoms with van der Waals surface area (Å²) in [6.45, 7) is 3.74. The molecule has 0 fully saturated rings. The highest BCUT2D eigenvalue weighted by molar-refractivity contribution is 7.92. The maximum Gasteiger partial charge on any atom is 0.264 e. The molecule has 1 N–H and O–H groups in total. The van der Waals surface area contributed by atoms with Gasteiger partial charge >= 0.3 is 0 Å². The number of nitrogens with zero attached hydrogens (tertiary/aromatic N) is 1. The minimum absolute atomic E-state index is 0.0881. The van der Waals surface area contributed by atoms with Crippen LogP contribution in [0.15, 0.2) is 102 Å². The van der Waals surface area contributed by atoms with Gasteiger partial charge in [-0.2, -0.15) is 0 Å². The zero-order valence-electron chi connectivity index (χ0n) is 21.6. The van der Waals surface area contributed by atoms with E-state index in [0.29, 0.717) is 28.0 Å². The van der Waals surface area contributed by atoms with E-state index < -0.39 is 22.5 Å². The molecule has 4 rings (SSSR count). The number of carbonyl (C=O) groups is 1. The lowest BCUT2D eigenvalue weighted by Gasteiger charge is -2.24. The highest BCUT2D eigenvalue weighted by atomic mass is 35.5. The highest BCUT2D eigenvalue weighted by Gasteiger charge is 2.27. The predicted octanol–water partition coefficient (Wildman–Crippen LogP) is 6.14. The van der Waals surface area contributed by atoms with Gasteiger partial charge in [-0.05, 0) is 80.1 Å². The monoisotopic (exact) mass is 564 g/mol. The Hall–Kier alpha value is -4.01. The Morgan fingerprint density at radius 2 is 1.49 bits per heavy atom. The Bertz CT molecular complexity index is 1510. The molecule has 4 aromatic carbocycles. The van der Waals surface area contributed by atoms with Crippen molar-refractivity contribution in [3.8, 4) is 17.2 Å². The van der Waals surface area contributed by atoms with Crippen LogP contribution in [0.3, 0.4) is 0 Å². The average molecular weight is 565 g/mol. The predicted molar refractivity (Wildman–Crippen MR) is 153 cm³/mol. The number of rotatable bonds is 11. The molecule has 1 amide bonds. The quantitative estimate of drug-likeness (QED) is 0.221. The number of sulfonamides is 1. The molecule has 0 saturated carbocycles. The zero-order valence-corrected chi connectivity index (χ0v) is 23.2. The summed E-state index contributed by atoms with van der Waals surface area (Å²) in [4.78, 5) is 12.9. The number of ether oxygens (including phenoxy) is 2. The van der Waals surface area contributed by atoms with Crippen LogP contribution in [-0.2, 0) is 14.8 Å². The third kappa shape index (κ3) is 7.52. The summed E-state index contributed by atoms with van der Waals surface area (Å²) in [5, 5.41) is 3.32. The molecular weight excluding hydrogens is 536 g/mol. The van der Waals surface area contributed by atoms with Crippen molar-refractivity contribution in [2.75, 3.05) is 24.0 Å². The molecule has 0 aliphatic rings. The second kappa shape index (κ2) is 12.7. The molecule has 0 spiro atoms. The Morgan fingerprint density at radius 3 is 2.15 bits per heavy atom. The van der Waals surface area contributed by atoms with Gasteiger partial charge in [-0.1, -0.05) is 53.6 Å². The Morgan fingerprint density at radius 1 is 0.846 bits per heavy atom. The summed E-state index contributed by atoms with van der Waals surface area (Å²) >= 11 is 6.12. The van der Waals surface area contributed by atoms with E-state index in [2.05, 4.69) is 5.32 Å². The topological polar surface area (TPSA) is 84.9 Å². The number of nitrogens with one attached hydrogen (secondary N) is 1. The molecule has 0 aromatic heterocycles. The summed E-state index contributed by atoms with van der Waals surface area (Å²) in [6, 6.07) is 27.7. The molecule has 0 bridgehead atoms. The van der Waals surface area contributed by atoms with E-state index in [-0.39, 0.29) is 18.0 Å². The fourth-order valence-corrected chi connectivity index (χ4v) is 5.26. The number of anilines is 1. The minimum Gasteiger partial charge on any atom is -0.492 e. The molecule has 0 aliphatic carbocycles. The van der Waals surface area contributed by atoms with Crippen LogP contribution in [-0.4, -0.2) is 34.0 Å². The molecule has 0 radical (unpaired) electrons. The number of halogens is 1. The standard InChI is InChI=1S/C30H29ClN2O5S/c1-22-8-16-28(17-9-22)39(35,36)33(24-11-14-26(15-12-24)38-25-6-4-3-5-7-25)21-30(34)32-18-19-37-27-13-10-23(2)29(31)20-27/h3-17,20H,18-19,21H2,1-2H3,(H,32,34). The first-order valence-corrected chi connectivity index (χ1v) is 14.1. The van der Waals surface area contributed by atoms with Gasteiger partial charge in [0.25, 0.3) is 10.0 Å². The van der Waals surface area contributed by atoms with Crippen molar-refractivity contribution in [3.63, 3.8) is 0 Å². The normalized spacial score (nSPS) is 11.1. The van der Waals surface area contributed by atoms with E-state index in [0.717, 1.165) is 15.4 Å². The van der Waals surface area contributed by atoms with E-state index in [1.807, 2.05) is 50.2 Å². The number of hydrogen-bond donors (Lipinski definition) is 1. The van der Waals surface area contributed by atoms with Crippen LogP contribution in [0, 0.1) is 13.8 Å². The van der Waals surface area contributed by atoms with Gasteiger partial charge in [0.2, 0.25) is 5.91 Å². The second-order valence-electron chi connectivity index (χ2n) is 8.84. The first-order chi connectivity index (χ1) is 18.7. The number of hydrogen-bond acceptors (Lipinski definition) is 5. The summed E-state index contributed by atoms with van der Waals surface area (Å²) in [6.07, 6.45) is 0. The lowest BCUT2D eigenvalue weighted by molar-refractivity contribution is -0.119. The van der Waals surface area contributed by atoms with Crippen LogP contribution in [0.4, 0.5) is 5.69 Å². The van der Waals surface area contributed by atoms with E-state index in [1.165, 1.54) is 12.1 Å². The van der Waals surface area contributed by atoms with Crippen molar-refractivity contribution in [2.45, 2.75) is 18.7 Å². The molecule has 0 saturated heterocycles. The van der Waals surface area contributed by atoms with Crippen LogP contribution in [0.25, 0.3) is 0 Å². The molecule has 0 unspecified atom stereocenters. The van der Waals surface area contributed by atoms with Gasteiger partial charge in [0.1, 0.15) is 30.4 Å². The molecule has 4 aromatic rings. The van der Waals surface area contributed by atoms with Crippen LogP contribution in [0.2, 0.25) is 5.02 Å².